The molecule has 0 saturated carbocycles. The van der Waals surface area contributed by atoms with E-state index in [1.54, 1.807) is 0 Å². The van der Waals surface area contributed by atoms with E-state index >= 15 is 0 Å². The zero-order valence-corrected chi connectivity index (χ0v) is 14.2. The zero-order valence-electron chi connectivity index (χ0n) is 12.7. The van der Waals surface area contributed by atoms with Crippen LogP contribution in [0, 0.1) is 0 Å². The van der Waals surface area contributed by atoms with E-state index in [9.17, 15) is 4.79 Å². The van der Waals surface area contributed by atoms with Crippen molar-refractivity contribution < 1.29 is 9.90 Å². The Morgan fingerprint density at radius 1 is 0.870 bits per heavy atom. The van der Waals surface area contributed by atoms with Crippen molar-refractivity contribution in [2.24, 2.45) is 0 Å². The quantitative estimate of drug-likeness (QED) is 0.738. The summed E-state index contributed by atoms with van der Waals surface area (Å²) in [5.74, 6) is -0.761. The van der Waals surface area contributed by atoms with Gasteiger partial charge in [-0.1, -0.05) is 47.5 Å². The van der Waals surface area contributed by atoms with Crippen LogP contribution in [0.4, 0.5) is 0 Å². The van der Waals surface area contributed by atoms with Crippen LogP contribution in [-0.4, -0.2) is 22.5 Å². The monoisotopic (exact) mass is 351 g/mol. The second-order valence-electron chi connectivity index (χ2n) is 5.46. The van der Waals surface area contributed by atoms with Crippen LogP contribution in [0.25, 0.3) is 0 Å². The molecule has 0 aliphatic rings. The van der Waals surface area contributed by atoms with Crippen molar-refractivity contribution in [1.82, 2.24) is 4.90 Å². The number of halogens is 2. The van der Waals surface area contributed by atoms with Crippen molar-refractivity contribution in [3.8, 4) is 0 Å². The molecule has 0 fully saturated rings. The SMILES string of the molecule is O=C(O)CCCN(Cc1ccc(Cl)cc1)Cc1ccc(Cl)cc1. The van der Waals surface area contributed by atoms with E-state index in [2.05, 4.69) is 4.90 Å². The fourth-order valence-electron chi connectivity index (χ4n) is 2.36. The minimum atomic E-state index is -0.761. The molecule has 2 aromatic carbocycles. The Morgan fingerprint density at radius 3 is 1.70 bits per heavy atom. The predicted octanol–water partition coefficient (Wildman–Crippen LogP) is 4.86. The second kappa shape index (κ2) is 8.92. The molecule has 0 aliphatic carbocycles. The lowest BCUT2D eigenvalue weighted by Gasteiger charge is -2.22. The van der Waals surface area contributed by atoms with Crippen molar-refractivity contribution in [2.75, 3.05) is 6.54 Å². The van der Waals surface area contributed by atoms with Crippen LogP contribution >= 0.6 is 23.2 Å². The van der Waals surface area contributed by atoms with Crippen LogP contribution in [-0.2, 0) is 17.9 Å². The fourth-order valence-corrected chi connectivity index (χ4v) is 2.62. The van der Waals surface area contributed by atoms with Gasteiger partial charge in [-0.05, 0) is 48.4 Å². The maximum atomic E-state index is 10.7. The van der Waals surface area contributed by atoms with Gasteiger partial charge < -0.3 is 5.11 Å². The second-order valence-corrected chi connectivity index (χ2v) is 6.33. The summed E-state index contributed by atoms with van der Waals surface area (Å²) in [6.45, 7) is 2.22. The topological polar surface area (TPSA) is 40.5 Å². The lowest BCUT2D eigenvalue weighted by Crippen LogP contribution is -2.24. The minimum absolute atomic E-state index is 0.178. The molecule has 0 heterocycles. The van der Waals surface area contributed by atoms with Crippen LogP contribution in [0.2, 0.25) is 10.0 Å². The van der Waals surface area contributed by atoms with Crippen LogP contribution in [0.3, 0.4) is 0 Å². The van der Waals surface area contributed by atoms with E-state index in [-0.39, 0.29) is 6.42 Å². The molecule has 1 N–H and O–H groups in total. The summed E-state index contributed by atoms with van der Waals surface area (Å²) in [5.41, 5.74) is 2.30. The fraction of sp³-hybridized carbons (Fsp3) is 0.278. The zero-order chi connectivity index (χ0) is 16.7. The van der Waals surface area contributed by atoms with E-state index < -0.39 is 5.97 Å². The summed E-state index contributed by atoms with van der Waals surface area (Å²) < 4.78 is 0. The molecule has 0 amide bonds. The Bertz CT molecular complexity index is 579. The first-order valence-corrected chi connectivity index (χ1v) is 8.21. The molecular formula is C18H19Cl2NO2. The predicted molar refractivity (Wildman–Crippen MR) is 93.9 cm³/mol. The maximum absolute atomic E-state index is 10.7. The molecule has 23 heavy (non-hydrogen) atoms. The molecule has 122 valence electrons. The van der Waals surface area contributed by atoms with Crippen molar-refractivity contribution in [3.63, 3.8) is 0 Å². The van der Waals surface area contributed by atoms with Crippen LogP contribution in [0.15, 0.2) is 48.5 Å². The number of rotatable bonds is 8. The molecule has 0 atom stereocenters. The summed E-state index contributed by atoms with van der Waals surface area (Å²) in [6.07, 6.45) is 0.800. The highest BCUT2D eigenvalue weighted by atomic mass is 35.5. The van der Waals surface area contributed by atoms with E-state index in [4.69, 9.17) is 28.3 Å². The summed E-state index contributed by atoms with van der Waals surface area (Å²) in [7, 11) is 0. The molecule has 5 heteroatoms. The maximum Gasteiger partial charge on any atom is 0.303 e. The van der Waals surface area contributed by atoms with Crippen LogP contribution in [0.5, 0.6) is 0 Å². The molecule has 0 saturated heterocycles. The largest absolute Gasteiger partial charge is 0.481 e. The van der Waals surface area contributed by atoms with Gasteiger partial charge in [0.15, 0.2) is 0 Å². The number of nitrogens with zero attached hydrogens (tertiary/aromatic N) is 1. The van der Waals surface area contributed by atoms with Crippen molar-refractivity contribution in [1.29, 1.82) is 0 Å². The van der Waals surface area contributed by atoms with Gasteiger partial charge in [0.2, 0.25) is 0 Å². The Balaban J connectivity index is 2.02. The van der Waals surface area contributed by atoms with E-state index in [0.717, 1.165) is 30.8 Å². The first-order valence-electron chi connectivity index (χ1n) is 7.46. The Morgan fingerprint density at radius 2 is 1.30 bits per heavy atom. The standard InChI is InChI=1S/C18H19Cl2NO2/c19-16-7-3-14(4-8-16)12-21(11-1-2-18(22)23)13-15-5-9-17(20)10-6-15/h3-10H,1-2,11-13H2,(H,22,23). The third-order valence-corrected chi connectivity index (χ3v) is 4.01. The molecule has 3 nitrogen and oxygen atoms in total. The third-order valence-electron chi connectivity index (χ3n) is 3.50. The average molecular weight is 352 g/mol. The van der Waals surface area contributed by atoms with Gasteiger partial charge in [-0.25, -0.2) is 0 Å². The van der Waals surface area contributed by atoms with Crippen molar-refractivity contribution in [3.05, 3.63) is 69.7 Å². The molecular weight excluding hydrogens is 333 g/mol. The Labute approximate surface area is 146 Å². The first-order chi connectivity index (χ1) is 11.0. The van der Waals surface area contributed by atoms with Gasteiger partial charge in [0.25, 0.3) is 0 Å². The minimum Gasteiger partial charge on any atom is -0.481 e. The molecule has 2 rings (SSSR count). The van der Waals surface area contributed by atoms with Gasteiger partial charge in [0, 0.05) is 29.6 Å². The van der Waals surface area contributed by atoms with Crippen LogP contribution in [0.1, 0.15) is 24.0 Å². The third kappa shape index (κ3) is 6.61. The van der Waals surface area contributed by atoms with Gasteiger partial charge in [0.1, 0.15) is 0 Å². The molecule has 0 aliphatic heterocycles. The number of carbonyl (C=O) groups is 1. The number of aliphatic carboxylic acids is 1. The summed E-state index contributed by atoms with van der Waals surface area (Å²) in [5, 5.41) is 10.2. The van der Waals surface area contributed by atoms with Gasteiger partial charge in [-0.15, -0.1) is 0 Å². The van der Waals surface area contributed by atoms with Crippen molar-refractivity contribution >= 4 is 29.2 Å². The molecule has 0 aromatic heterocycles. The van der Waals surface area contributed by atoms with E-state index in [0.29, 0.717) is 16.5 Å². The first kappa shape index (κ1) is 17.8. The number of carboxylic acid groups (broad SMARTS) is 1. The van der Waals surface area contributed by atoms with Gasteiger partial charge >= 0.3 is 5.97 Å². The normalized spacial score (nSPS) is 10.9. The summed E-state index contributed by atoms with van der Waals surface area (Å²) >= 11 is 11.8. The highest BCUT2D eigenvalue weighted by molar-refractivity contribution is 6.30. The average Bonchev–Trinajstić information content (AvgIpc) is 2.51. The van der Waals surface area contributed by atoms with Gasteiger partial charge in [-0.3, -0.25) is 9.69 Å². The lowest BCUT2D eigenvalue weighted by molar-refractivity contribution is -0.137. The Hall–Kier alpha value is -1.55. The number of hydrogen-bond acceptors (Lipinski definition) is 2. The molecule has 0 unspecified atom stereocenters. The summed E-state index contributed by atoms with van der Waals surface area (Å²) in [4.78, 5) is 13.0. The molecule has 0 spiro atoms. The lowest BCUT2D eigenvalue weighted by atomic mass is 10.1. The number of benzene rings is 2. The van der Waals surface area contributed by atoms with Crippen molar-refractivity contribution in [2.45, 2.75) is 25.9 Å². The van der Waals surface area contributed by atoms with E-state index in [1.165, 1.54) is 0 Å². The summed E-state index contributed by atoms with van der Waals surface area (Å²) in [6, 6.07) is 15.5. The molecule has 0 bridgehead atoms. The highest BCUT2D eigenvalue weighted by Crippen LogP contribution is 2.16. The molecule has 2 aromatic rings. The highest BCUT2D eigenvalue weighted by Gasteiger charge is 2.09. The van der Waals surface area contributed by atoms with Gasteiger partial charge in [0.05, 0.1) is 0 Å². The smallest absolute Gasteiger partial charge is 0.303 e. The number of hydrogen-bond donors (Lipinski definition) is 1. The van der Waals surface area contributed by atoms with E-state index in [1.807, 2.05) is 48.5 Å². The molecule has 0 radical (unpaired) electrons. The number of carboxylic acids is 1. The Kier molecular flexibility index (Phi) is 6.90. The van der Waals surface area contributed by atoms with Crippen LogP contribution < -0.4 is 0 Å². The van der Waals surface area contributed by atoms with Gasteiger partial charge in [-0.2, -0.15) is 0 Å².